The van der Waals surface area contributed by atoms with E-state index in [1.54, 1.807) is 13.8 Å². The molecule has 3 unspecified atom stereocenters. The van der Waals surface area contributed by atoms with Gasteiger partial charge in [-0.15, -0.1) is 0 Å². The molecule has 0 nitrogen and oxygen atoms in total. The maximum Gasteiger partial charge on any atom is 0.392 e. The van der Waals surface area contributed by atoms with Gasteiger partial charge in [-0.3, -0.25) is 0 Å². The first kappa shape index (κ1) is 18.8. The third kappa shape index (κ3) is 5.74. The van der Waals surface area contributed by atoms with E-state index in [9.17, 15) is 13.2 Å². The molecule has 0 saturated carbocycles. The Balaban J connectivity index is 4.34. The van der Waals surface area contributed by atoms with Crippen molar-refractivity contribution in [1.29, 1.82) is 0 Å². The van der Waals surface area contributed by atoms with Crippen LogP contribution in [0.15, 0.2) is 0 Å². The smallest absolute Gasteiger partial charge is 0.171 e. The van der Waals surface area contributed by atoms with Crippen LogP contribution in [0.3, 0.4) is 0 Å². The minimum Gasteiger partial charge on any atom is -0.171 e. The van der Waals surface area contributed by atoms with Gasteiger partial charge in [0.15, 0.2) is 0 Å². The monoisotopic (exact) mass is 280 g/mol. The van der Waals surface area contributed by atoms with Crippen LogP contribution in [-0.2, 0) is 0 Å². The van der Waals surface area contributed by atoms with Gasteiger partial charge in [-0.05, 0) is 30.1 Å². The second-order valence-electron chi connectivity index (χ2n) is 6.59. The summed E-state index contributed by atoms with van der Waals surface area (Å²) in [5.74, 6) is -0.824. The van der Waals surface area contributed by atoms with Gasteiger partial charge >= 0.3 is 6.18 Å². The van der Waals surface area contributed by atoms with Crippen LogP contribution in [-0.4, -0.2) is 6.18 Å². The maximum atomic E-state index is 12.8. The highest BCUT2D eigenvalue weighted by Gasteiger charge is 2.41. The van der Waals surface area contributed by atoms with E-state index in [2.05, 4.69) is 27.7 Å². The van der Waals surface area contributed by atoms with Crippen LogP contribution >= 0.6 is 0 Å². The van der Waals surface area contributed by atoms with E-state index in [0.717, 1.165) is 19.3 Å². The zero-order valence-corrected chi connectivity index (χ0v) is 13.4. The Hall–Kier alpha value is -0.210. The zero-order chi connectivity index (χ0) is 15.3. The summed E-state index contributed by atoms with van der Waals surface area (Å²) in [4.78, 5) is 0. The highest BCUT2D eigenvalue weighted by atomic mass is 19.4. The summed E-state index contributed by atoms with van der Waals surface area (Å²) < 4.78 is 38.5. The fourth-order valence-electron chi connectivity index (χ4n) is 2.86. The third-order valence-corrected chi connectivity index (χ3v) is 5.16. The van der Waals surface area contributed by atoms with Gasteiger partial charge in [0.1, 0.15) is 0 Å². The fourth-order valence-corrected chi connectivity index (χ4v) is 2.86. The molecule has 0 amide bonds. The third-order valence-electron chi connectivity index (χ3n) is 5.16. The number of hydrogen-bond donors (Lipinski definition) is 0. The summed E-state index contributed by atoms with van der Waals surface area (Å²) in [6.07, 6.45) is -0.147. The van der Waals surface area contributed by atoms with Crippen LogP contribution in [0.25, 0.3) is 0 Å². The molecule has 0 heterocycles. The molecule has 0 aliphatic carbocycles. The lowest BCUT2D eigenvalue weighted by Gasteiger charge is -2.34. The molecular weight excluding hydrogens is 249 g/mol. The largest absolute Gasteiger partial charge is 0.392 e. The van der Waals surface area contributed by atoms with Gasteiger partial charge in [-0.25, -0.2) is 0 Å². The van der Waals surface area contributed by atoms with Crippen molar-refractivity contribution in [1.82, 2.24) is 0 Å². The van der Waals surface area contributed by atoms with Gasteiger partial charge in [0.05, 0.1) is 5.92 Å². The average Bonchev–Trinajstić information content (AvgIpc) is 2.27. The Kier molecular flexibility index (Phi) is 7.46. The topological polar surface area (TPSA) is 0 Å². The Bertz CT molecular complexity index is 245. The molecule has 3 heteroatoms. The lowest BCUT2D eigenvalue weighted by molar-refractivity contribution is -0.188. The molecule has 0 aromatic heterocycles. The van der Waals surface area contributed by atoms with E-state index < -0.39 is 12.1 Å². The zero-order valence-electron chi connectivity index (χ0n) is 13.4. The first-order chi connectivity index (χ1) is 8.58. The van der Waals surface area contributed by atoms with E-state index in [4.69, 9.17) is 0 Å². The first-order valence-electron chi connectivity index (χ1n) is 7.65. The molecule has 0 aromatic carbocycles. The second-order valence-corrected chi connectivity index (χ2v) is 6.59. The predicted octanol–water partition coefficient (Wildman–Crippen LogP) is 6.45. The molecule has 0 saturated heterocycles. The summed E-state index contributed by atoms with van der Waals surface area (Å²) in [7, 11) is 0. The Labute approximate surface area is 117 Å². The predicted molar refractivity (Wildman–Crippen MR) is 76.1 cm³/mol. The van der Waals surface area contributed by atoms with Crippen molar-refractivity contribution < 1.29 is 13.2 Å². The van der Waals surface area contributed by atoms with Crippen LogP contribution in [0.5, 0.6) is 0 Å². The number of alkyl halides is 3. The van der Waals surface area contributed by atoms with E-state index in [0.29, 0.717) is 12.3 Å². The van der Waals surface area contributed by atoms with E-state index >= 15 is 0 Å². The summed E-state index contributed by atoms with van der Waals surface area (Å²) in [6, 6.07) is 0. The van der Waals surface area contributed by atoms with Crippen molar-refractivity contribution in [3.63, 3.8) is 0 Å². The maximum absolute atomic E-state index is 12.8. The lowest BCUT2D eigenvalue weighted by Crippen LogP contribution is -2.29. The molecule has 0 bridgehead atoms. The highest BCUT2D eigenvalue weighted by molar-refractivity contribution is 4.78. The minimum absolute atomic E-state index is 0.194. The highest BCUT2D eigenvalue weighted by Crippen LogP contribution is 2.40. The molecular formula is C16H31F3. The molecule has 0 N–H and O–H groups in total. The standard InChI is InChI=1S/C16H31F3/c1-7-14(16(17,18)19)13(5)10-9-11-15(6,8-2)12(3)4/h12-14H,7-11H2,1-6H3. The summed E-state index contributed by atoms with van der Waals surface area (Å²) >= 11 is 0. The van der Waals surface area contributed by atoms with Crippen molar-refractivity contribution in [2.45, 2.75) is 79.8 Å². The Morgan fingerprint density at radius 1 is 1.00 bits per heavy atom. The van der Waals surface area contributed by atoms with Crippen molar-refractivity contribution in [2.75, 3.05) is 0 Å². The Morgan fingerprint density at radius 3 is 1.84 bits per heavy atom. The summed E-state index contributed by atoms with van der Waals surface area (Å²) in [6.45, 7) is 12.2. The van der Waals surface area contributed by atoms with Crippen LogP contribution in [0.4, 0.5) is 13.2 Å². The molecule has 19 heavy (non-hydrogen) atoms. The Morgan fingerprint density at radius 2 is 1.53 bits per heavy atom. The van der Waals surface area contributed by atoms with Crippen molar-refractivity contribution in [3.05, 3.63) is 0 Å². The molecule has 0 aliphatic heterocycles. The van der Waals surface area contributed by atoms with Crippen LogP contribution < -0.4 is 0 Å². The normalized spacial score (nSPS) is 19.3. The molecule has 0 aliphatic rings. The van der Waals surface area contributed by atoms with E-state index in [1.807, 2.05) is 0 Å². The van der Waals surface area contributed by atoms with Gasteiger partial charge < -0.3 is 0 Å². The molecule has 0 radical (unpaired) electrons. The second kappa shape index (κ2) is 7.54. The molecule has 0 aromatic rings. The van der Waals surface area contributed by atoms with E-state index in [-0.39, 0.29) is 17.8 Å². The molecule has 116 valence electrons. The SMILES string of the molecule is CCC(C(C)CCCC(C)(CC)C(C)C)C(F)(F)F. The van der Waals surface area contributed by atoms with Gasteiger partial charge in [-0.1, -0.05) is 60.8 Å². The summed E-state index contributed by atoms with van der Waals surface area (Å²) in [5.41, 5.74) is 0.264. The quantitative estimate of drug-likeness (QED) is 0.479. The van der Waals surface area contributed by atoms with Crippen molar-refractivity contribution in [3.8, 4) is 0 Å². The number of rotatable bonds is 8. The minimum atomic E-state index is -4.04. The molecule has 0 spiro atoms. The average molecular weight is 280 g/mol. The fraction of sp³-hybridized carbons (Fsp3) is 1.00. The summed E-state index contributed by atoms with van der Waals surface area (Å²) in [5, 5.41) is 0. The number of halogens is 3. The first-order valence-corrected chi connectivity index (χ1v) is 7.65. The van der Waals surface area contributed by atoms with Crippen molar-refractivity contribution >= 4 is 0 Å². The van der Waals surface area contributed by atoms with Gasteiger partial charge in [0.25, 0.3) is 0 Å². The van der Waals surface area contributed by atoms with Crippen LogP contribution in [0.2, 0.25) is 0 Å². The van der Waals surface area contributed by atoms with Crippen molar-refractivity contribution in [2.24, 2.45) is 23.2 Å². The van der Waals surface area contributed by atoms with E-state index in [1.165, 1.54) is 0 Å². The van der Waals surface area contributed by atoms with Gasteiger partial charge in [-0.2, -0.15) is 13.2 Å². The van der Waals surface area contributed by atoms with Gasteiger partial charge in [0.2, 0.25) is 0 Å². The molecule has 3 atom stereocenters. The number of hydrogen-bond acceptors (Lipinski definition) is 0. The van der Waals surface area contributed by atoms with Crippen LogP contribution in [0, 0.1) is 23.2 Å². The van der Waals surface area contributed by atoms with Gasteiger partial charge in [0, 0.05) is 0 Å². The lowest BCUT2D eigenvalue weighted by atomic mass is 9.72. The van der Waals surface area contributed by atoms with Crippen LogP contribution in [0.1, 0.15) is 73.6 Å². The molecule has 0 rings (SSSR count). The molecule has 0 fully saturated rings.